The van der Waals surface area contributed by atoms with Gasteiger partial charge in [-0.3, -0.25) is 9.78 Å². The molecule has 0 radical (unpaired) electrons. The second-order valence-electron chi connectivity index (χ2n) is 7.18. The van der Waals surface area contributed by atoms with Crippen molar-refractivity contribution in [1.29, 1.82) is 0 Å². The first-order valence-electron chi connectivity index (χ1n) is 9.80. The lowest BCUT2D eigenvalue weighted by Gasteiger charge is -2.32. The van der Waals surface area contributed by atoms with E-state index < -0.39 is 6.04 Å². The van der Waals surface area contributed by atoms with Crippen LogP contribution in [0.25, 0.3) is 17.1 Å². The maximum Gasteiger partial charge on any atom is 0.312 e. The van der Waals surface area contributed by atoms with Crippen molar-refractivity contribution >= 4 is 11.4 Å². The first-order chi connectivity index (χ1) is 15.3. The molecule has 0 spiro atoms. The number of rotatable bonds is 3. The van der Waals surface area contributed by atoms with E-state index in [9.17, 15) is 4.79 Å². The summed E-state index contributed by atoms with van der Waals surface area (Å²) in [5.74, 6) is -0.260. The van der Waals surface area contributed by atoms with Crippen LogP contribution in [0.3, 0.4) is 0 Å². The van der Waals surface area contributed by atoms with Gasteiger partial charge in [-0.25, -0.2) is 9.50 Å². The molecule has 5 aromatic rings. The van der Waals surface area contributed by atoms with E-state index in [0.29, 0.717) is 18.7 Å². The highest BCUT2D eigenvalue weighted by molar-refractivity contribution is 5.90. The van der Waals surface area contributed by atoms with E-state index in [1.54, 1.807) is 34.1 Å². The molecule has 10 nitrogen and oxygen atoms in total. The van der Waals surface area contributed by atoms with Gasteiger partial charge < -0.3 is 14.3 Å². The molecular weight excluding hydrogens is 396 g/mol. The average molecular weight is 412 g/mol. The third-order valence-electron chi connectivity index (χ3n) is 5.35. The van der Waals surface area contributed by atoms with Crippen LogP contribution in [0, 0.1) is 0 Å². The van der Waals surface area contributed by atoms with Crippen molar-refractivity contribution in [3.63, 3.8) is 0 Å². The summed E-state index contributed by atoms with van der Waals surface area (Å²) < 4.78 is 7.45. The number of nitrogens with one attached hydrogen (secondary N) is 1. The molecule has 0 fully saturated rings. The molecule has 0 saturated carbocycles. The molecule has 0 unspecified atom stereocenters. The lowest BCUT2D eigenvalue weighted by Crippen LogP contribution is -2.41. The maximum absolute atomic E-state index is 13.4. The van der Waals surface area contributed by atoms with Gasteiger partial charge in [-0.1, -0.05) is 12.1 Å². The van der Waals surface area contributed by atoms with Gasteiger partial charge in [0.05, 0.1) is 23.2 Å². The van der Waals surface area contributed by atoms with Crippen LogP contribution in [0.4, 0.5) is 0 Å². The van der Waals surface area contributed by atoms with Gasteiger partial charge in [-0.05, 0) is 30.3 Å². The van der Waals surface area contributed by atoms with Crippen molar-refractivity contribution in [1.82, 2.24) is 39.7 Å². The van der Waals surface area contributed by atoms with Crippen molar-refractivity contribution in [3.8, 4) is 11.6 Å². The van der Waals surface area contributed by atoms with Gasteiger partial charge in [0, 0.05) is 31.1 Å². The van der Waals surface area contributed by atoms with Crippen LogP contribution < -0.4 is 0 Å². The lowest BCUT2D eigenvalue weighted by atomic mass is 9.99. The molecule has 6 rings (SSSR count). The minimum Gasteiger partial charge on any atom is -0.411 e. The molecular formula is C21H16N8O2. The van der Waals surface area contributed by atoms with Gasteiger partial charge in [-0.2, -0.15) is 5.10 Å². The van der Waals surface area contributed by atoms with Crippen molar-refractivity contribution in [2.45, 2.75) is 12.5 Å². The van der Waals surface area contributed by atoms with E-state index in [1.807, 2.05) is 36.5 Å². The van der Waals surface area contributed by atoms with Gasteiger partial charge in [0.2, 0.25) is 0 Å². The second kappa shape index (κ2) is 6.87. The summed E-state index contributed by atoms with van der Waals surface area (Å²) in [6, 6.07) is 12.7. The Balaban J connectivity index is 1.40. The van der Waals surface area contributed by atoms with Gasteiger partial charge >= 0.3 is 11.8 Å². The quantitative estimate of drug-likeness (QED) is 0.483. The number of carbonyl (C=O) groups is 1. The van der Waals surface area contributed by atoms with Crippen LogP contribution in [0.15, 0.2) is 65.6 Å². The Morgan fingerprint density at radius 3 is 2.94 bits per heavy atom. The summed E-state index contributed by atoms with van der Waals surface area (Å²) >= 11 is 0. The molecule has 0 aromatic carbocycles. The molecule has 1 aliphatic rings. The van der Waals surface area contributed by atoms with Crippen LogP contribution in [0.5, 0.6) is 0 Å². The number of aromatic nitrogens is 7. The standard InChI is InChI=1S/C21H16N8O2/c30-21(20-26-25-19(31-20)15-6-1-3-8-22-15)28-10-7-14-17(24-12-23-14)18(28)16-11-13-5-2-4-9-29(13)27-16/h1-6,8-9,11-12,18H,7,10H2,(H,23,24)/t18-/m1/s1. The second-order valence-corrected chi connectivity index (χ2v) is 7.18. The number of pyridine rings is 2. The van der Waals surface area contributed by atoms with Crippen molar-refractivity contribution < 1.29 is 9.21 Å². The predicted molar refractivity (Wildman–Crippen MR) is 108 cm³/mol. The zero-order valence-electron chi connectivity index (χ0n) is 16.2. The first-order valence-corrected chi connectivity index (χ1v) is 9.80. The smallest absolute Gasteiger partial charge is 0.312 e. The number of carbonyl (C=O) groups excluding carboxylic acids is 1. The van der Waals surface area contributed by atoms with Gasteiger partial charge in [0.15, 0.2) is 0 Å². The van der Waals surface area contributed by atoms with Crippen molar-refractivity contribution in [3.05, 3.63) is 84.2 Å². The molecule has 0 bridgehead atoms. The Bertz CT molecular complexity index is 1350. The van der Waals surface area contributed by atoms with Gasteiger partial charge in [-0.15, -0.1) is 10.2 Å². The summed E-state index contributed by atoms with van der Waals surface area (Å²) in [7, 11) is 0. The van der Waals surface area contributed by atoms with E-state index in [0.717, 1.165) is 22.6 Å². The third-order valence-corrected chi connectivity index (χ3v) is 5.35. The monoisotopic (exact) mass is 412 g/mol. The zero-order chi connectivity index (χ0) is 20.8. The number of imidazole rings is 1. The van der Waals surface area contributed by atoms with E-state index in [4.69, 9.17) is 4.42 Å². The van der Waals surface area contributed by atoms with Crippen molar-refractivity contribution in [2.24, 2.45) is 0 Å². The molecule has 10 heteroatoms. The Morgan fingerprint density at radius 1 is 1.13 bits per heavy atom. The number of H-pyrrole nitrogens is 1. The number of nitrogens with zero attached hydrogens (tertiary/aromatic N) is 7. The van der Waals surface area contributed by atoms with E-state index in [1.165, 1.54) is 0 Å². The largest absolute Gasteiger partial charge is 0.411 e. The zero-order valence-corrected chi connectivity index (χ0v) is 16.2. The van der Waals surface area contributed by atoms with Crippen LogP contribution in [0.2, 0.25) is 0 Å². The normalized spacial score (nSPS) is 15.9. The van der Waals surface area contributed by atoms with Crippen LogP contribution in [0.1, 0.15) is 33.8 Å². The Hall–Kier alpha value is -4.34. The molecule has 1 N–H and O–H groups in total. The summed E-state index contributed by atoms with van der Waals surface area (Å²) in [6.45, 7) is 0.466. The van der Waals surface area contributed by atoms with Gasteiger partial charge in [0.1, 0.15) is 11.7 Å². The summed E-state index contributed by atoms with van der Waals surface area (Å²) in [6.07, 6.45) is 5.79. The SMILES string of the molecule is O=C(c1nnc(-c2ccccn2)o1)N1CCc2[nH]cnc2[C@H]1c1cc2ccccn2n1. The van der Waals surface area contributed by atoms with Crippen LogP contribution >= 0.6 is 0 Å². The predicted octanol–water partition coefficient (Wildman–Crippen LogP) is 2.29. The highest BCUT2D eigenvalue weighted by Gasteiger charge is 2.38. The molecule has 152 valence electrons. The van der Waals surface area contributed by atoms with E-state index >= 15 is 0 Å². The minimum atomic E-state index is -0.465. The van der Waals surface area contributed by atoms with E-state index in [2.05, 4.69) is 30.2 Å². The Kier molecular flexibility index (Phi) is 3.88. The summed E-state index contributed by atoms with van der Waals surface area (Å²) in [5, 5.41) is 12.7. The Morgan fingerprint density at radius 2 is 2.06 bits per heavy atom. The molecule has 31 heavy (non-hydrogen) atoms. The van der Waals surface area contributed by atoms with Gasteiger partial charge in [0.25, 0.3) is 5.89 Å². The Labute approximate surface area is 175 Å². The van der Waals surface area contributed by atoms with E-state index in [-0.39, 0.29) is 17.7 Å². The fourth-order valence-corrected chi connectivity index (χ4v) is 3.91. The van der Waals surface area contributed by atoms with Crippen LogP contribution in [-0.2, 0) is 6.42 Å². The molecule has 6 heterocycles. The number of aromatic amines is 1. The molecule has 1 atom stereocenters. The van der Waals surface area contributed by atoms with Crippen LogP contribution in [-0.4, -0.2) is 52.1 Å². The highest BCUT2D eigenvalue weighted by atomic mass is 16.4. The highest BCUT2D eigenvalue weighted by Crippen LogP contribution is 2.34. The number of hydrogen-bond acceptors (Lipinski definition) is 7. The topological polar surface area (TPSA) is 118 Å². The molecule has 1 amide bonds. The third kappa shape index (κ3) is 2.88. The fraction of sp³-hybridized carbons (Fsp3) is 0.143. The van der Waals surface area contributed by atoms with Crippen molar-refractivity contribution in [2.75, 3.05) is 6.54 Å². The first kappa shape index (κ1) is 17.5. The number of amides is 1. The number of hydrogen-bond donors (Lipinski definition) is 1. The maximum atomic E-state index is 13.4. The lowest BCUT2D eigenvalue weighted by molar-refractivity contribution is 0.0646. The molecule has 1 aliphatic heterocycles. The summed E-state index contributed by atoms with van der Waals surface area (Å²) in [4.78, 5) is 26.9. The molecule has 5 aromatic heterocycles. The number of fused-ring (bicyclic) bond motifs is 2. The fourth-order valence-electron chi connectivity index (χ4n) is 3.91. The average Bonchev–Trinajstić information content (AvgIpc) is 3.57. The minimum absolute atomic E-state index is 0.0894. The molecule has 0 saturated heterocycles. The summed E-state index contributed by atoms with van der Waals surface area (Å²) in [5.41, 5.74) is 3.93. The molecule has 0 aliphatic carbocycles.